The molecule has 4 heterocycles. The molecule has 0 unspecified atom stereocenters. The molecular weight excluding hydrogens is 659 g/mol. The molecule has 3 aliphatic rings. The molecule has 0 aliphatic carbocycles. The second-order valence-electron chi connectivity index (χ2n) is 10.4. The maximum absolute atomic E-state index is 10.4. The number of fused-ring (bicyclic) bond motifs is 3. The molecule has 4 aromatic rings. The first kappa shape index (κ1) is 31.2. The highest BCUT2D eigenvalue weighted by atomic mass is 15.1. The van der Waals surface area contributed by atoms with E-state index in [1.165, 1.54) is 30.3 Å². The number of aromatic nitrogens is 3. The molecule has 232 valence electrons. The van der Waals surface area contributed by atoms with Gasteiger partial charge in [-0.3, -0.25) is 0 Å². The minimum atomic E-state index is -0.291. The summed E-state index contributed by atoms with van der Waals surface area (Å²) in [5.74, 6) is -0.936. The molecular formula is C35H7N17. The Labute approximate surface area is 289 Å². The fourth-order valence-electron chi connectivity index (χ4n) is 5.08. The highest BCUT2D eigenvalue weighted by Gasteiger charge is 2.23. The summed E-state index contributed by atoms with van der Waals surface area (Å²) in [6.45, 7) is 0. The van der Waals surface area contributed by atoms with Crippen LogP contribution in [0.2, 0.25) is 0 Å². The molecule has 0 atom stereocenters. The summed E-state index contributed by atoms with van der Waals surface area (Å²) in [7, 11) is 0. The van der Waals surface area contributed by atoms with Gasteiger partial charge in [-0.25, -0.2) is 44.9 Å². The fraction of sp³-hybridized carbons (Fsp3) is 0. The molecule has 52 heavy (non-hydrogen) atoms. The van der Waals surface area contributed by atoms with Crippen molar-refractivity contribution in [3.63, 3.8) is 0 Å². The number of rotatable bonds is 3. The van der Waals surface area contributed by atoms with Crippen LogP contribution in [0, 0.1) is 90.6 Å². The van der Waals surface area contributed by atoms with Crippen molar-refractivity contribution in [1.82, 2.24) is 15.0 Å². The average Bonchev–Trinajstić information content (AvgIpc) is 3.90. The van der Waals surface area contributed by atoms with Crippen LogP contribution in [-0.4, -0.2) is 15.0 Å². The first-order valence-corrected chi connectivity index (χ1v) is 14.4. The van der Waals surface area contributed by atoms with Gasteiger partial charge in [-0.05, 0) is 42.5 Å². The molecule has 17 nitrogen and oxygen atoms in total. The second kappa shape index (κ2) is 12.3. The molecule has 1 aromatic heterocycles. The zero-order valence-electron chi connectivity index (χ0n) is 25.6. The third-order valence-corrected chi connectivity index (χ3v) is 7.50. The molecule has 17 heteroatoms. The predicted octanol–water partition coefficient (Wildman–Crippen LogP) is -0.173. The molecule has 0 saturated heterocycles. The van der Waals surface area contributed by atoms with Gasteiger partial charge in [0.1, 0.15) is 59.7 Å². The van der Waals surface area contributed by atoms with E-state index in [1.807, 2.05) is 36.4 Å². The van der Waals surface area contributed by atoms with Crippen LogP contribution in [0.1, 0.15) is 33.9 Å². The van der Waals surface area contributed by atoms with E-state index in [2.05, 4.69) is 44.9 Å². The molecule has 0 radical (unpaired) electrons. The zero-order valence-corrected chi connectivity index (χ0v) is 25.6. The van der Waals surface area contributed by atoms with Crippen LogP contribution < -0.4 is 32.1 Å². The van der Waals surface area contributed by atoms with Gasteiger partial charge in [0.05, 0.1) is 54.4 Å². The van der Waals surface area contributed by atoms with Gasteiger partial charge in [0.15, 0.2) is 40.5 Å². The van der Waals surface area contributed by atoms with Crippen LogP contribution in [0.4, 0.5) is 0 Å². The summed E-state index contributed by atoms with van der Waals surface area (Å²) in [5, 5.41) is 78.7. The van der Waals surface area contributed by atoms with Crippen molar-refractivity contribution in [2.45, 2.75) is 0 Å². The summed E-state index contributed by atoms with van der Waals surface area (Å²) in [6.07, 6.45) is 0. The number of hydrogen-bond acceptors (Lipinski definition) is 17. The Bertz CT molecular complexity index is 2990. The van der Waals surface area contributed by atoms with Crippen molar-refractivity contribution in [1.29, 1.82) is 42.1 Å². The average molecular weight is 666 g/mol. The van der Waals surface area contributed by atoms with Crippen LogP contribution in [0.25, 0.3) is 22.5 Å². The van der Waals surface area contributed by atoms with Crippen molar-refractivity contribution in [2.75, 3.05) is 0 Å². The Hall–Kier alpha value is -9.39. The van der Waals surface area contributed by atoms with Crippen molar-refractivity contribution >= 4 is 11.1 Å². The largest absolute Gasteiger partial charge is 0.226 e. The molecule has 3 aliphatic heterocycles. The van der Waals surface area contributed by atoms with Crippen molar-refractivity contribution in [3.8, 4) is 59.9 Å². The van der Waals surface area contributed by atoms with Gasteiger partial charge in [-0.2, -0.15) is 42.1 Å². The minimum absolute atomic E-state index is 0.0546. The number of benzene rings is 3. The van der Waals surface area contributed by atoms with Gasteiger partial charge < -0.3 is 0 Å². The Morgan fingerprint density at radius 3 is 1.17 bits per heavy atom. The Kier molecular flexibility index (Phi) is 7.40. The van der Waals surface area contributed by atoms with Crippen molar-refractivity contribution in [3.05, 3.63) is 132 Å². The van der Waals surface area contributed by atoms with Gasteiger partial charge in [-0.15, -0.1) is 0 Å². The second-order valence-corrected chi connectivity index (χ2v) is 10.4. The van der Waals surface area contributed by atoms with E-state index in [0.29, 0.717) is 10.9 Å². The van der Waals surface area contributed by atoms with Crippen LogP contribution in [0.15, 0.2) is 95.5 Å². The number of nitrogens with zero attached hydrogens (tertiary/aromatic N) is 17. The number of hydrogen-bond donors (Lipinski definition) is 0. The first-order chi connectivity index (χ1) is 25.3. The lowest BCUT2D eigenvalue weighted by atomic mass is 10.1. The van der Waals surface area contributed by atoms with Crippen molar-refractivity contribution in [2.24, 2.45) is 30.0 Å². The van der Waals surface area contributed by atoms with Gasteiger partial charge >= 0.3 is 0 Å². The zero-order chi connectivity index (χ0) is 36.5. The summed E-state index contributed by atoms with van der Waals surface area (Å²) in [4.78, 5) is 39.5. The SMILES string of the molecule is N#CC(C#N)=C1N=c2ccc(-c3nc(C(C#N)=C4N=c5cc(C#N)c(C#N)cc5=N4)nc(C(C#N)=C4N=c5cc(C#N)c(C#N)cc5=N4)n3)cc2=N1. The Morgan fingerprint density at radius 2 is 0.788 bits per heavy atom. The normalized spacial score (nSPS) is 12.1. The summed E-state index contributed by atoms with van der Waals surface area (Å²) >= 11 is 0. The van der Waals surface area contributed by atoms with E-state index in [4.69, 9.17) is 0 Å². The molecule has 0 N–H and O–H groups in total. The molecule has 3 aromatic carbocycles. The summed E-state index contributed by atoms with van der Waals surface area (Å²) in [6, 6.07) is 25.3. The van der Waals surface area contributed by atoms with Crippen LogP contribution in [0.5, 0.6) is 0 Å². The van der Waals surface area contributed by atoms with Crippen molar-refractivity contribution < 1.29 is 0 Å². The topological polar surface area (TPSA) is 303 Å². The van der Waals surface area contributed by atoms with Crippen LogP contribution in [-0.2, 0) is 0 Å². The van der Waals surface area contributed by atoms with E-state index in [1.54, 1.807) is 24.3 Å². The molecule has 0 spiro atoms. The lowest BCUT2D eigenvalue weighted by Gasteiger charge is -2.07. The van der Waals surface area contributed by atoms with E-state index in [0.717, 1.165) is 0 Å². The Morgan fingerprint density at radius 1 is 0.404 bits per heavy atom. The lowest BCUT2D eigenvalue weighted by molar-refractivity contribution is 0.992. The van der Waals surface area contributed by atoms with E-state index in [-0.39, 0.29) is 101 Å². The van der Waals surface area contributed by atoms with Gasteiger partial charge in [0, 0.05) is 5.56 Å². The molecule has 0 amide bonds. The highest BCUT2D eigenvalue weighted by molar-refractivity contribution is 5.80. The quantitative estimate of drug-likeness (QED) is 0.259. The molecule has 0 saturated carbocycles. The molecule has 7 rings (SSSR count). The maximum atomic E-state index is 10.4. The monoisotopic (exact) mass is 665 g/mol. The number of allylic oxidation sites excluding steroid dienone is 3. The fourth-order valence-corrected chi connectivity index (χ4v) is 5.08. The molecule has 0 fully saturated rings. The highest BCUT2D eigenvalue weighted by Crippen LogP contribution is 2.25. The predicted molar refractivity (Wildman–Crippen MR) is 167 cm³/mol. The summed E-state index contributed by atoms with van der Waals surface area (Å²) in [5.41, 5.74) is -0.231. The maximum Gasteiger partial charge on any atom is 0.182 e. The standard InChI is InChI=1S/C35H7N17/c36-8-17-4-26-27(5-18(17)9-37)47-32(46-26)22(14-42)34-50-30(16-1-2-24-25(3-16)45-31(44-24)21(12-40)13-41)51-35(52-34)23(15-43)33-48-28-6-19(10-38)20(11-39)7-29(28)49-33/h1-7H. The minimum Gasteiger partial charge on any atom is -0.226 e. The van der Waals surface area contributed by atoms with E-state index in [9.17, 15) is 42.1 Å². The van der Waals surface area contributed by atoms with Crippen LogP contribution in [0.3, 0.4) is 0 Å². The van der Waals surface area contributed by atoms with Crippen LogP contribution >= 0.6 is 0 Å². The lowest BCUT2D eigenvalue weighted by Crippen LogP contribution is -2.22. The van der Waals surface area contributed by atoms with Gasteiger partial charge in [-0.1, -0.05) is 0 Å². The summed E-state index contributed by atoms with van der Waals surface area (Å²) < 4.78 is 0. The molecule has 0 bridgehead atoms. The third kappa shape index (κ3) is 5.11. The Balaban J connectivity index is 1.48. The van der Waals surface area contributed by atoms with E-state index < -0.39 is 0 Å². The third-order valence-electron chi connectivity index (χ3n) is 7.50. The van der Waals surface area contributed by atoms with Gasteiger partial charge in [0.2, 0.25) is 0 Å². The smallest absolute Gasteiger partial charge is 0.182 e. The van der Waals surface area contributed by atoms with Gasteiger partial charge in [0.25, 0.3) is 0 Å². The van der Waals surface area contributed by atoms with E-state index >= 15 is 0 Å². The first-order valence-electron chi connectivity index (χ1n) is 14.4. The number of nitriles is 8.